The van der Waals surface area contributed by atoms with Crippen molar-refractivity contribution in [3.05, 3.63) is 35.6 Å². The number of amides is 2. The molecule has 7 heteroatoms. The SMILES string of the molecule is O=C(CCNC(=O)[C@@H]1CC(c2ccccc2F)=NO1)NC1CC1. The Kier molecular flexibility index (Phi) is 4.55. The molecule has 2 N–H and O–H groups in total. The highest BCUT2D eigenvalue weighted by atomic mass is 19.1. The zero-order valence-electron chi connectivity index (χ0n) is 12.5. The summed E-state index contributed by atoms with van der Waals surface area (Å²) in [5.74, 6) is -0.810. The molecule has 122 valence electrons. The van der Waals surface area contributed by atoms with Crippen molar-refractivity contribution in [3.8, 4) is 0 Å². The van der Waals surface area contributed by atoms with E-state index in [9.17, 15) is 14.0 Å². The molecule has 0 bridgehead atoms. The molecule has 2 aliphatic rings. The van der Waals surface area contributed by atoms with E-state index >= 15 is 0 Å². The Hall–Kier alpha value is -2.44. The van der Waals surface area contributed by atoms with E-state index in [1.165, 1.54) is 6.07 Å². The monoisotopic (exact) mass is 319 g/mol. The molecular formula is C16H18FN3O3. The number of nitrogens with one attached hydrogen (secondary N) is 2. The second kappa shape index (κ2) is 6.76. The fourth-order valence-electron chi connectivity index (χ4n) is 2.31. The Morgan fingerprint density at radius 2 is 2.09 bits per heavy atom. The molecule has 1 saturated carbocycles. The lowest BCUT2D eigenvalue weighted by atomic mass is 10.0. The molecule has 1 aromatic rings. The van der Waals surface area contributed by atoms with Crippen LogP contribution in [-0.4, -0.2) is 36.2 Å². The van der Waals surface area contributed by atoms with E-state index in [1.54, 1.807) is 18.2 Å². The summed E-state index contributed by atoms with van der Waals surface area (Å²) >= 11 is 0. The number of carbonyl (C=O) groups excluding carboxylic acids is 2. The number of hydrogen-bond acceptors (Lipinski definition) is 4. The third-order valence-electron chi connectivity index (χ3n) is 3.74. The van der Waals surface area contributed by atoms with Gasteiger partial charge in [-0.2, -0.15) is 0 Å². The van der Waals surface area contributed by atoms with Crippen LogP contribution >= 0.6 is 0 Å². The summed E-state index contributed by atoms with van der Waals surface area (Å²) in [4.78, 5) is 28.6. The summed E-state index contributed by atoms with van der Waals surface area (Å²) in [6, 6.07) is 6.54. The van der Waals surface area contributed by atoms with Crippen LogP contribution in [0.25, 0.3) is 0 Å². The van der Waals surface area contributed by atoms with Gasteiger partial charge in [0.1, 0.15) is 5.82 Å². The number of carbonyl (C=O) groups is 2. The summed E-state index contributed by atoms with van der Waals surface area (Å²) in [5.41, 5.74) is 0.751. The van der Waals surface area contributed by atoms with Gasteiger partial charge in [-0.1, -0.05) is 23.4 Å². The zero-order chi connectivity index (χ0) is 16.2. The van der Waals surface area contributed by atoms with Gasteiger partial charge in [0.15, 0.2) is 0 Å². The highest BCUT2D eigenvalue weighted by Crippen LogP contribution is 2.19. The van der Waals surface area contributed by atoms with E-state index in [0.717, 1.165) is 12.8 Å². The van der Waals surface area contributed by atoms with Crippen molar-refractivity contribution in [2.45, 2.75) is 37.8 Å². The smallest absolute Gasteiger partial charge is 0.264 e. The van der Waals surface area contributed by atoms with E-state index in [4.69, 9.17) is 4.84 Å². The van der Waals surface area contributed by atoms with Crippen molar-refractivity contribution in [2.24, 2.45) is 5.16 Å². The molecule has 0 spiro atoms. The van der Waals surface area contributed by atoms with E-state index in [2.05, 4.69) is 15.8 Å². The van der Waals surface area contributed by atoms with Gasteiger partial charge in [-0.25, -0.2) is 4.39 Å². The molecule has 6 nitrogen and oxygen atoms in total. The van der Waals surface area contributed by atoms with E-state index in [0.29, 0.717) is 17.3 Å². The van der Waals surface area contributed by atoms with Gasteiger partial charge in [-0.15, -0.1) is 0 Å². The summed E-state index contributed by atoms with van der Waals surface area (Å²) in [7, 11) is 0. The van der Waals surface area contributed by atoms with Gasteiger partial charge in [-0.3, -0.25) is 9.59 Å². The van der Waals surface area contributed by atoms with Crippen LogP contribution in [0.3, 0.4) is 0 Å². The van der Waals surface area contributed by atoms with Gasteiger partial charge in [-0.05, 0) is 18.9 Å². The Bertz CT molecular complexity index is 643. The maximum absolute atomic E-state index is 13.7. The molecule has 3 rings (SSSR count). The largest absolute Gasteiger partial charge is 0.382 e. The molecule has 1 atom stereocenters. The molecule has 1 fully saturated rings. The fraction of sp³-hybridized carbons (Fsp3) is 0.438. The van der Waals surface area contributed by atoms with Crippen molar-refractivity contribution in [1.82, 2.24) is 10.6 Å². The topological polar surface area (TPSA) is 79.8 Å². The first-order chi connectivity index (χ1) is 11.1. The maximum Gasteiger partial charge on any atom is 0.264 e. The summed E-state index contributed by atoms with van der Waals surface area (Å²) in [5, 5.41) is 9.29. The third kappa shape index (κ3) is 4.06. The molecule has 2 amide bonds. The minimum atomic E-state index is -0.781. The highest BCUT2D eigenvalue weighted by Gasteiger charge is 2.30. The van der Waals surface area contributed by atoms with Crippen LogP contribution in [-0.2, 0) is 14.4 Å². The summed E-state index contributed by atoms with van der Waals surface area (Å²) in [6.45, 7) is 0.242. The van der Waals surface area contributed by atoms with Crippen LogP contribution in [0, 0.1) is 5.82 Å². The molecule has 0 unspecified atom stereocenters. The number of hydrogen-bond donors (Lipinski definition) is 2. The number of nitrogens with zero attached hydrogens (tertiary/aromatic N) is 1. The Labute approximate surface area is 133 Å². The quantitative estimate of drug-likeness (QED) is 0.824. The molecular weight excluding hydrogens is 301 g/mol. The van der Waals surface area contributed by atoms with Gasteiger partial charge in [0.2, 0.25) is 12.0 Å². The zero-order valence-corrected chi connectivity index (χ0v) is 12.5. The van der Waals surface area contributed by atoms with Gasteiger partial charge in [0.25, 0.3) is 5.91 Å². The maximum atomic E-state index is 13.7. The third-order valence-corrected chi connectivity index (χ3v) is 3.74. The van der Waals surface area contributed by atoms with Crippen LogP contribution < -0.4 is 10.6 Å². The highest BCUT2D eigenvalue weighted by molar-refractivity contribution is 6.04. The first-order valence-electron chi connectivity index (χ1n) is 7.68. The summed E-state index contributed by atoms with van der Waals surface area (Å²) < 4.78 is 13.7. The van der Waals surface area contributed by atoms with Crippen LogP contribution in [0.2, 0.25) is 0 Å². The molecule has 0 radical (unpaired) electrons. The van der Waals surface area contributed by atoms with Crippen molar-refractivity contribution in [2.75, 3.05) is 6.54 Å². The number of benzene rings is 1. The molecule has 1 aromatic carbocycles. The van der Waals surface area contributed by atoms with E-state index < -0.39 is 11.9 Å². The first-order valence-corrected chi connectivity index (χ1v) is 7.68. The van der Waals surface area contributed by atoms with Crippen LogP contribution in [0.5, 0.6) is 0 Å². The second-order valence-corrected chi connectivity index (χ2v) is 5.70. The van der Waals surface area contributed by atoms with Crippen molar-refractivity contribution in [1.29, 1.82) is 0 Å². The number of rotatable bonds is 6. The van der Waals surface area contributed by atoms with E-state index in [-0.39, 0.29) is 31.2 Å². The summed E-state index contributed by atoms with van der Waals surface area (Å²) in [6.07, 6.45) is 1.72. The average Bonchev–Trinajstić information content (AvgIpc) is 3.20. The molecule has 1 heterocycles. The van der Waals surface area contributed by atoms with Crippen LogP contribution in [0.4, 0.5) is 4.39 Å². The standard InChI is InChI=1S/C16H18FN3O3/c17-12-4-2-1-3-11(12)13-9-14(23-20-13)16(22)18-8-7-15(21)19-10-5-6-10/h1-4,10,14H,5-9H2,(H,18,22)(H,19,21)/t14-/m0/s1. The van der Waals surface area contributed by atoms with Gasteiger partial charge in [0, 0.05) is 31.0 Å². The molecule has 0 saturated heterocycles. The average molecular weight is 319 g/mol. The molecule has 1 aliphatic carbocycles. The van der Waals surface area contributed by atoms with Gasteiger partial charge >= 0.3 is 0 Å². The minimum Gasteiger partial charge on any atom is -0.382 e. The Balaban J connectivity index is 1.43. The minimum absolute atomic E-state index is 0.0663. The van der Waals surface area contributed by atoms with Crippen molar-refractivity contribution in [3.63, 3.8) is 0 Å². The predicted octanol–water partition coefficient (Wildman–Crippen LogP) is 1.10. The van der Waals surface area contributed by atoms with Crippen LogP contribution in [0.15, 0.2) is 29.4 Å². The number of halogens is 1. The molecule has 0 aromatic heterocycles. The Morgan fingerprint density at radius 3 is 2.83 bits per heavy atom. The van der Waals surface area contributed by atoms with E-state index in [1.807, 2.05) is 0 Å². The molecule has 23 heavy (non-hydrogen) atoms. The second-order valence-electron chi connectivity index (χ2n) is 5.70. The predicted molar refractivity (Wildman–Crippen MR) is 81.2 cm³/mol. The number of oxime groups is 1. The molecule has 1 aliphatic heterocycles. The lowest BCUT2D eigenvalue weighted by molar-refractivity contribution is -0.131. The van der Waals surface area contributed by atoms with Crippen molar-refractivity contribution >= 4 is 17.5 Å². The normalized spacial score (nSPS) is 19.7. The fourth-order valence-corrected chi connectivity index (χ4v) is 2.31. The Morgan fingerprint density at radius 1 is 1.30 bits per heavy atom. The van der Waals surface area contributed by atoms with Crippen molar-refractivity contribution < 1.29 is 18.8 Å². The lowest BCUT2D eigenvalue weighted by Gasteiger charge is -2.09. The van der Waals surface area contributed by atoms with Gasteiger partial charge in [0.05, 0.1) is 5.71 Å². The van der Waals surface area contributed by atoms with Crippen LogP contribution in [0.1, 0.15) is 31.2 Å². The first kappa shape index (κ1) is 15.5. The van der Waals surface area contributed by atoms with Gasteiger partial charge < -0.3 is 15.5 Å². The lowest BCUT2D eigenvalue weighted by Crippen LogP contribution is -2.37.